The van der Waals surface area contributed by atoms with Crippen molar-refractivity contribution in [3.63, 3.8) is 0 Å². The van der Waals surface area contributed by atoms with Crippen LogP contribution in [0.2, 0.25) is 0 Å². The Morgan fingerprint density at radius 3 is 2.00 bits per heavy atom. The zero-order chi connectivity index (χ0) is 9.78. The van der Waals surface area contributed by atoms with E-state index in [4.69, 9.17) is 5.26 Å². The minimum absolute atomic E-state index is 0.145. The van der Waals surface area contributed by atoms with Crippen molar-refractivity contribution in [3.8, 4) is 6.07 Å². The van der Waals surface area contributed by atoms with Crippen LogP contribution in [0.15, 0.2) is 0 Å². The summed E-state index contributed by atoms with van der Waals surface area (Å²) in [6, 6.07) is 2.17. The molecule has 0 rings (SSSR count). The Balaban J connectivity index is 4.62. The van der Waals surface area contributed by atoms with Crippen molar-refractivity contribution in [1.29, 1.82) is 5.26 Å². The van der Waals surface area contributed by atoms with Crippen LogP contribution in [0.1, 0.15) is 40.5 Å². The fraction of sp³-hybridized carbons (Fsp3) is 0.900. The highest BCUT2D eigenvalue weighted by atomic mass is 16.3. The predicted octanol–water partition coefficient (Wildman–Crippen LogP) is 2.33. The highest BCUT2D eigenvalue weighted by Gasteiger charge is 2.36. The van der Waals surface area contributed by atoms with Gasteiger partial charge < -0.3 is 5.11 Å². The van der Waals surface area contributed by atoms with Gasteiger partial charge in [0.25, 0.3) is 0 Å². The molecule has 0 fully saturated rings. The van der Waals surface area contributed by atoms with Crippen LogP contribution in [0.25, 0.3) is 0 Å². The summed E-state index contributed by atoms with van der Waals surface area (Å²) < 4.78 is 0. The minimum Gasteiger partial charge on any atom is -0.388 e. The summed E-state index contributed by atoms with van der Waals surface area (Å²) in [5.41, 5.74) is -0.802. The minimum atomic E-state index is -0.802. The Hall–Kier alpha value is -0.550. The van der Waals surface area contributed by atoms with E-state index in [1.54, 1.807) is 0 Å². The maximum absolute atomic E-state index is 10.1. The van der Waals surface area contributed by atoms with Gasteiger partial charge in [-0.3, -0.25) is 0 Å². The molecule has 0 aliphatic carbocycles. The third kappa shape index (κ3) is 1.98. The van der Waals surface area contributed by atoms with Gasteiger partial charge in [0.1, 0.15) is 0 Å². The van der Waals surface area contributed by atoms with Crippen molar-refractivity contribution in [2.24, 2.45) is 11.8 Å². The molecule has 0 radical (unpaired) electrons. The second-order valence-electron chi connectivity index (χ2n) is 3.59. The van der Waals surface area contributed by atoms with Crippen LogP contribution in [0.5, 0.6) is 0 Å². The number of nitriles is 1. The summed E-state index contributed by atoms with van der Waals surface area (Å²) in [6.07, 6.45) is 1.37. The lowest BCUT2D eigenvalue weighted by Gasteiger charge is -2.34. The predicted molar refractivity (Wildman–Crippen MR) is 49.5 cm³/mol. The van der Waals surface area contributed by atoms with Gasteiger partial charge in [0, 0.05) is 0 Å². The first kappa shape index (κ1) is 11.4. The van der Waals surface area contributed by atoms with Crippen molar-refractivity contribution in [2.45, 2.75) is 46.1 Å². The van der Waals surface area contributed by atoms with Crippen LogP contribution in [-0.4, -0.2) is 10.7 Å². The van der Waals surface area contributed by atoms with Crippen LogP contribution in [0, 0.1) is 23.2 Å². The number of hydrogen-bond acceptors (Lipinski definition) is 2. The third-order valence-corrected chi connectivity index (χ3v) is 2.73. The summed E-state index contributed by atoms with van der Waals surface area (Å²) in [5, 5.41) is 19.0. The smallest absolute Gasteiger partial charge is 0.0825 e. The monoisotopic (exact) mass is 169 g/mol. The van der Waals surface area contributed by atoms with Crippen molar-refractivity contribution < 1.29 is 5.11 Å². The molecule has 2 atom stereocenters. The Kier molecular flexibility index (Phi) is 4.26. The first-order valence-corrected chi connectivity index (χ1v) is 4.64. The molecule has 0 bridgehead atoms. The average Bonchev–Trinajstić information content (AvgIpc) is 2.05. The second-order valence-corrected chi connectivity index (χ2v) is 3.59. The van der Waals surface area contributed by atoms with Gasteiger partial charge in [-0.2, -0.15) is 5.26 Å². The SMILES string of the molecule is CCC(C#N)C(O)(CC)C(C)C. The highest BCUT2D eigenvalue weighted by Crippen LogP contribution is 2.31. The molecule has 0 aliphatic heterocycles. The van der Waals surface area contributed by atoms with Crippen LogP contribution in [0.3, 0.4) is 0 Å². The van der Waals surface area contributed by atoms with E-state index in [1.165, 1.54) is 0 Å². The lowest BCUT2D eigenvalue weighted by Crippen LogP contribution is -2.41. The van der Waals surface area contributed by atoms with Crippen LogP contribution in [-0.2, 0) is 0 Å². The molecule has 0 saturated carbocycles. The normalized spacial score (nSPS) is 18.4. The van der Waals surface area contributed by atoms with E-state index < -0.39 is 5.60 Å². The van der Waals surface area contributed by atoms with Gasteiger partial charge in [0.05, 0.1) is 17.6 Å². The van der Waals surface area contributed by atoms with E-state index in [0.717, 1.165) is 6.42 Å². The molecule has 0 aromatic rings. The lowest BCUT2D eigenvalue weighted by atomic mass is 9.76. The molecule has 12 heavy (non-hydrogen) atoms. The van der Waals surface area contributed by atoms with E-state index in [9.17, 15) is 5.11 Å². The van der Waals surface area contributed by atoms with Gasteiger partial charge in [-0.25, -0.2) is 0 Å². The molecule has 0 aromatic heterocycles. The maximum atomic E-state index is 10.1. The standard InChI is InChI=1S/C10H19NO/c1-5-9(7-11)10(12,6-2)8(3)4/h8-9,12H,5-6H2,1-4H3. The van der Waals surface area contributed by atoms with Gasteiger partial charge in [-0.1, -0.05) is 27.7 Å². The van der Waals surface area contributed by atoms with Crippen molar-refractivity contribution >= 4 is 0 Å². The largest absolute Gasteiger partial charge is 0.388 e. The Morgan fingerprint density at radius 2 is 1.92 bits per heavy atom. The molecule has 2 unspecified atom stereocenters. The van der Waals surface area contributed by atoms with E-state index in [0.29, 0.717) is 6.42 Å². The Bertz CT molecular complexity index is 171. The molecule has 2 nitrogen and oxygen atoms in total. The van der Waals surface area contributed by atoms with Crippen LogP contribution >= 0.6 is 0 Å². The molecule has 0 amide bonds. The zero-order valence-electron chi connectivity index (χ0n) is 8.46. The number of aliphatic hydroxyl groups is 1. The first-order valence-electron chi connectivity index (χ1n) is 4.64. The molecule has 0 aliphatic rings. The summed E-state index contributed by atoms with van der Waals surface area (Å²) in [5.74, 6) is -0.0883. The first-order chi connectivity index (χ1) is 5.52. The second kappa shape index (κ2) is 4.47. The fourth-order valence-electron chi connectivity index (χ4n) is 1.61. The number of hydrogen-bond donors (Lipinski definition) is 1. The number of rotatable bonds is 4. The molecule has 0 saturated heterocycles. The topological polar surface area (TPSA) is 44.0 Å². The van der Waals surface area contributed by atoms with Crippen molar-refractivity contribution in [2.75, 3.05) is 0 Å². The molecular weight excluding hydrogens is 150 g/mol. The van der Waals surface area contributed by atoms with Gasteiger partial charge in [0.2, 0.25) is 0 Å². The van der Waals surface area contributed by atoms with E-state index >= 15 is 0 Å². The summed E-state index contributed by atoms with van der Waals surface area (Å²) in [6.45, 7) is 7.80. The van der Waals surface area contributed by atoms with Gasteiger partial charge >= 0.3 is 0 Å². The Morgan fingerprint density at radius 1 is 1.42 bits per heavy atom. The average molecular weight is 169 g/mol. The summed E-state index contributed by atoms with van der Waals surface area (Å²) >= 11 is 0. The summed E-state index contributed by atoms with van der Waals surface area (Å²) in [7, 11) is 0. The molecular formula is C10H19NO. The molecule has 2 heteroatoms. The van der Waals surface area contributed by atoms with Crippen molar-refractivity contribution in [1.82, 2.24) is 0 Å². The van der Waals surface area contributed by atoms with E-state index in [2.05, 4.69) is 6.07 Å². The lowest BCUT2D eigenvalue weighted by molar-refractivity contribution is -0.0444. The van der Waals surface area contributed by atoms with Gasteiger partial charge in [-0.05, 0) is 18.8 Å². The van der Waals surface area contributed by atoms with Gasteiger partial charge in [0.15, 0.2) is 0 Å². The molecule has 70 valence electrons. The fourth-order valence-corrected chi connectivity index (χ4v) is 1.61. The summed E-state index contributed by atoms with van der Waals surface area (Å²) in [4.78, 5) is 0. The maximum Gasteiger partial charge on any atom is 0.0825 e. The molecule has 0 spiro atoms. The molecule has 0 heterocycles. The van der Waals surface area contributed by atoms with Crippen molar-refractivity contribution in [3.05, 3.63) is 0 Å². The van der Waals surface area contributed by atoms with Gasteiger partial charge in [-0.15, -0.1) is 0 Å². The van der Waals surface area contributed by atoms with Crippen LogP contribution < -0.4 is 0 Å². The molecule has 0 aromatic carbocycles. The Labute approximate surface area is 75.2 Å². The number of nitrogens with zero attached hydrogens (tertiary/aromatic N) is 1. The van der Waals surface area contributed by atoms with Crippen LogP contribution in [0.4, 0.5) is 0 Å². The third-order valence-electron chi connectivity index (χ3n) is 2.73. The van der Waals surface area contributed by atoms with E-state index in [-0.39, 0.29) is 11.8 Å². The quantitative estimate of drug-likeness (QED) is 0.702. The molecule has 1 N–H and O–H groups in total. The highest BCUT2D eigenvalue weighted by molar-refractivity contribution is 4.98. The van der Waals surface area contributed by atoms with E-state index in [1.807, 2.05) is 27.7 Å². The zero-order valence-corrected chi connectivity index (χ0v) is 8.46.